The van der Waals surface area contributed by atoms with Crippen LogP contribution in [0, 0.1) is 11.8 Å². The first-order chi connectivity index (χ1) is 12.3. The van der Waals surface area contributed by atoms with E-state index in [-0.39, 0.29) is 0 Å². The van der Waals surface area contributed by atoms with E-state index in [2.05, 4.69) is 17.0 Å². The maximum Gasteiger partial charge on any atom is 0.0406 e. The average Bonchev–Trinajstić information content (AvgIpc) is 2.60. The molecule has 2 aliphatic rings. The summed E-state index contributed by atoms with van der Waals surface area (Å²) in [7, 11) is 0. The van der Waals surface area contributed by atoms with Crippen LogP contribution in [0.3, 0.4) is 0 Å². The Morgan fingerprint density at radius 1 is 0.680 bits per heavy atom. The SMILES string of the molecule is Clc1ccc(CN(CC2CCCCCCC2)CC2CCCCC2)cc1. The third-order valence-corrected chi connectivity index (χ3v) is 6.55. The van der Waals surface area contributed by atoms with Crippen LogP contribution >= 0.6 is 11.6 Å². The number of halogens is 1. The predicted molar refractivity (Wildman–Crippen MR) is 109 cm³/mol. The Hall–Kier alpha value is -0.530. The maximum atomic E-state index is 6.08. The van der Waals surface area contributed by atoms with Crippen LogP contribution in [0.1, 0.15) is 82.6 Å². The molecule has 0 heterocycles. The highest BCUT2D eigenvalue weighted by atomic mass is 35.5. The molecule has 1 aromatic carbocycles. The highest BCUT2D eigenvalue weighted by molar-refractivity contribution is 6.30. The van der Waals surface area contributed by atoms with Gasteiger partial charge in [-0.15, -0.1) is 0 Å². The Balaban J connectivity index is 1.60. The first-order valence-corrected chi connectivity index (χ1v) is 11.1. The minimum atomic E-state index is 0.850. The molecule has 0 spiro atoms. The molecule has 25 heavy (non-hydrogen) atoms. The molecule has 0 radical (unpaired) electrons. The second kappa shape index (κ2) is 10.6. The van der Waals surface area contributed by atoms with Gasteiger partial charge in [-0.05, 0) is 55.2 Å². The Morgan fingerprint density at radius 3 is 1.64 bits per heavy atom. The fraction of sp³-hybridized carbons (Fsp3) is 0.739. The van der Waals surface area contributed by atoms with Crippen molar-refractivity contribution in [3.63, 3.8) is 0 Å². The van der Waals surface area contributed by atoms with Crippen LogP contribution in [0.5, 0.6) is 0 Å². The summed E-state index contributed by atoms with van der Waals surface area (Å²) in [5.74, 6) is 1.84. The second-order valence-electron chi connectivity index (χ2n) is 8.54. The van der Waals surface area contributed by atoms with Crippen molar-refractivity contribution in [3.8, 4) is 0 Å². The molecule has 3 rings (SSSR count). The largest absolute Gasteiger partial charge is 0.299 e. The lowest BCUT2D eigenvalue weighted by Crippen LogP contribution is -2.34. The van der Waals surface area contributed by atoms with Gasteiger partial charge in [-0.2, -0.15) is 0 Å². The summed E-state index contributed by atoms with van der Waals surface area (Å²) in [6.45, 7) is 3.71. The van der Waals surface area contributed by atoms with Crippen LogP contribution in [0.2, 0.25) is 5.02 Å². The lowest BCUT2D eigenvalue weighted by Gasteiger charge is -2.33. The van der Waals surface area contributed by atoms with Crippen LogP contribution in [0.25, 0.3) is 0 Å². The van der Waals surface area contributed by atoms with E-state index in [9.17, 15) is 0 Å². The fourth-order valence-corrected chi connectivity index (χ4v) is 5.00. The van der Waals surface area contributed by atoms with E-state index >= 15 is 0 Å². The van der Waals surface area contributed by atoms with Crippen molar-refractivity contribution in [2.24, 2.45) is 11.8 Å². The Bertz CT molecular complexity index is 469. The molecule has 0 unspecified atom stereocenters. The van der Waals surface area contributed by atoms with E-state index in [1.165, 1.54) is 95.7 Å². The standard InChI is InChI=1S/C23H36ClN/c24-23-15-13-22(14-16-23)19-25(18-21-11-7-4-8-12-21)17-20-9-5-2-1-3-6-10-20/h13-16,20-21H,1-12,17-19H2. The molecule has 1 aromatic rings. The zero-order valence-corrected chi connectivity index (χ0v) is 16.7. The third kappa shape index (κ3) is 6.94. The first-order valence-electron chi connectivity index (χ1n) is 10.8. The summed E-state index contributed by atoms with van der Waals surface area (Å²) in [5.41, 5.74) is 1.42. The molecule has 2 saturated carbocycles. The van der Waals surface area contributed by atoms with Gasteiger partial charge in [0.05, 0.1) is 0 Å². The van der Waals surface area contributed by atoms with E-state index in [0.29, 0.717) is 0 Å². The van der Waals surface area contributed by atoms with Crippen LogP contribution in [0.4, 0.5) is 0 Å². The van der Waals surface area contributed by atoms with Crippen molar-refractivity contribution in [1.29, 1.82) is 0 Å². The highest BCUT2D eigenvalue weighted by Crippen LogP contribution is 2.28. The molecular formula is C23H36ClN. The molecule has 0 N–H and O–H groups in total. The van der Waals surface area contributed by atoms with E-state index in [1.54, 1.807) is 0 Å². The van der Waals surface area contributed by atoms with E-state index in [1.807, 2.05) is 12.1 Å². The van der Waals surface area contributed by atoms with Gasteiger partial charge < -0.3 is 0 Å². The van der Waals surface area contributed by atoms with Crippen molar-refractivity contribution >= 4 is 11.6 Å². The monoisotopic (exact) mass is 361 g/mol. The molecule has 0 saturated heterocycles. The van der Waals surface area contributed by atoms with Gasteiger partial charge in [0.2, 0.25) is 0 Å². The van der Waals surface area contributed by atoms with Gasteiger partial charge in [0.25, 0.3) is 0 Å². The molecule has 0 bridgehead atoms. The van der Waals surface area contributed by atoms with Crippen molar-refractivity contribution in [2.75, 3.05) is 13.1 Å². The first kappa shape index (κ1) is 19.2. The van der Waals surface area contributed by atoms with Crippen LogP contribution in [-0.4, -0.2) is 18.0 Å². The Morgan fingerprint density at radius 2 is 1.12 bits per heavy atom. The Kier molecular flexibility index (Phi) is 8.14. The van der Waals surface area contributed by atoms with Crippen LogP contribution < -0.4 is 0 Å². The molecule has 0 aromatic heterocycles. The third-order valence-electron chi connectivity index (χ3n) is 6.30. The van der Waals surface area contributed by atoms with Gasteiger partial charge in [0.1, 0.15) is 0 Å². The van der Waals surface area contributed by atoms with E-state index in [4.69, 9.17) is 11.6 Å². The molecular weight excluding hydrogens is 326 g/mol. The van der Waals surface area contributed by atoms with Gasteiger partial charge in [0, 0.05) is 24.7 Å². The van der Waals surface area contributed by atoms with Crippen LogP contribution in [0.15, 0.2) is 24.3 Å². The van der Waals surface area contributed by atoms with Crippen molar-refractivity contribution in [2.45, 2.75) is 83.6 Å². The van der Waals surface area contributed by atoms with Crippen molar-refractivity contribution < 1.29 is 0 Å². The summed E-state index contributed by atoms with van der Waals surface area (Å²) >= 11 is 6.08. The lowest BCUT2D eigenvalue weighted by atomic mass is 9.87. The number of hydrogen-bond acceptors (Lipinski definition) is 1. The zero-order chi connectivity index (χ0) is 17.3. The molecule has 0 amide bonds. The topological polar surface area (TPSA) is 3.24 Å². The maximum absolute atomic E-state index is 6.08. The number of nitrogens with zero attached hydrogens (tertiary/aromatic N) is 1. The number of benzene rings is 1. The van der Waals surface area contributed by atoms with Crippen LogP contribution in [-0.2, 0) is 6.54 Å². The van der Waals surface area contributed by atoms with Gasteiger partial charge in [-0.25, -0.2) is 0 Å². The van der Waals surface area contributed by atoms with Gasteiger partial charge in [-0.1, -0.05) is 75.1 Å². The summed E-state index contributed by atoms with van der Waals surface area (Å²) in [4.78, 5) is 2.78. The summed E-state index contributed by atoms with van der Waals surface area (Å²) in [5, 5.41) is 0.850. The number of hydrogen-bond donors (Lipinski definition) is 0. The molecule has 140 valence electrons. The minimum absolute atomic E-state index is 0.850. The van der Waals surface area contributed by atoms with E-state index < -0.39 is 0 Å². The number of rotatable bonds is 6. The molecule has 2 fully saturated rings. The molecule has 1 nitrogen and oxygen atoms in total. The molecule has 0 atom stereocenters. The van der Waals surface area contributed by atoms with Gasteiger partial charge >= 0.3 is 0 Å². The quantitative estimate of drug-likeness (QED) is 0.523. The minimum Gasteiger partial charge on any atom is -0.299 e. The summed E-state index contributed by atoms with van der Waals surface area (Å²) in [6, 6.07) is 8.53. The molecule has 2 aliphatic carbocycles. The molecule has 2 heteroatoms. The Labute approximate surface area is 160 Å². The van der Waals surface area contributed by atoms with Crippen molar-refractivity contribution in [3.05, 3.63) is 34.9 Å². The average molecular weight is 362 g/mol. The lowest BCUT2D eigenvalue weighted by molar-refractivity contribution is 0.157. The van der Waals surface area contributed by atoms with E-state index in [0.717, 1.165) is 23.4 Å². The van der Waals surface area contributed by atoms with Crippen molar-refractivity contribution in [1.82, 2.24) is 4.90 Å². The zero-order valence-electron chi connectivity index (χ0n) is 15.9. The summed E-state index contributed by atoms with van der Waals surface area (Å²) < 4.78 is 0. The summed E-state index contributed by atoms with van der Waals surface area (Å²) in [6.07, 6.45) is 17.4. The highest BCUT2D eigenvalue weighted by Gasteiger charge is 2.21. The smallest absolute Gasteiger partial charge is 0.0406 e. The fourth-order valence-electron chi connectivity index (χ4n) is 4.87. The normalized spacial score (nSPS) is 21.2. The molecule has 0 aliphatic heterocycles. The second-order valence-corrected chi connectivity index (χ2v) is 8.97. The van der Waals surface area contributed by atoms with Gasteiger partial charge in [0.15, 0.2) is 0 Å². The predicted octanol–water partition coefficient (Wildman–Crippen LogP) is 7.08. The van der Waals surface area contributed by atoms with Gasteiger partial charge in [-0.3, -0.25) is 4.90 Å².